The molecule has 18 heavy (non-hydrogen) atoms. The molecule has 0 saturated carbocycles. The van der Waals surface area contributed by atoms with E-state index in [1.165, 1.54) is 0 Å². The van der Waals surface area contributed by atoms with Gasteiger partial charge in [-0.3, -0.25) is 4.79 Å². The van der Waals surface area contributed by atoms with Crippen LogP contribution in [-0.4, -0.2) is 28.4 Å². The van der Waals surface area contributed by atoms with Gasteiger partial charge in [-0.2, -0.15) is 0 Å². The van der Waals surface area contributed by atoms with Gasteiger partial charge in [0.25, 0.3) is 0 Å². The summed E-state index contributed by atoms with van der Waals surface area (Å²) in [6.45, 7) is 14.1. The van der Waals surface area contributed by atoms with E-state index in [9.17, 15) is 9.59 Å². The molecular weight excluding hydrogens is 236 g/mol. The van der Waals surface area contributed by atoms with E-state index in [2.05, 4.69) is 0 Å². The average Bonchev–Trinajstić information content (AvgIpc) is 1.96. The lowest BCUT2D eigenvalue weighted by atomic mass is 10.2. The third-order valence-corrected chi connectivity index (χ3v) is 1.27. The highest BCUT2D eigenvalue weighted by Crippen LogP contribution is 2.13. The van der Waals surface area contributed by atoms with E-state index in [-0.39, 0.29) is 5.92 Å². The van der Waals surface area contributed by atoms with Gasteiger partial charge < -0.3 is 14.6 Å². The molecule has 0 aliphatic heterocycles. The number of ether oxygens (including phenoxy) is 2. The second kappa shape index (κ2) is 7.24. The summed E-state index contributed by atoms with van der Waals surface area (Å²) in [5.74, 6) is -0.972. The number of hydrogen-bond donors (Lipinski definition) is 1. The van der Waals surface area contributed by atoms with E-state index in [1.807, 2.05) is 0 Å². The predicted molar refractivity (Wildman–Crippen MR) is 69.5 cm³/mol. The van der Waals surface area contributed by atoms with Gasteiger partial charge in [0, 0.05) is 0 Å². The molecule has 0 aromatic rings. The van der Waals surface area contributed by atoms with Crippen molar-refractivity contribution in [3.05, 3.63) is 0 Å². The van der Waals surface area contributed by atoms with Crippen molar-refractivity contribution in [3.8, 4) is 0 Å². The lowest BCUT2D eigenvalue weighted by Crippen LogP contribution is -2.30. The van der Waals surface area contributed by atoms with Crippen LogP contribution in [-0.2, 0) is 14.3 Å². The number of aliphatic carboxylic acids is 1. The van der Waals surface area contributed by atoms with Crippen molar-refractivity contribution in [1.29, 1.82) is 0 Å². The Bertz CT molecular complexity index is 250. The third kappa shape index (κ3) is 17.1. The Labute approximate surface area is 109 Å². The van der Waals surface area contributed by atoms with E-state index >= 15 is 0 Å². The molecule has 108 valence electrons. The average molecular weight is 262 g/mol. The number of carbonyl (C=O) groups excluding carboxylic acids is 1. The number of carbonyl (C=O) groups is 2. The molecule has 0 rings (SSSR count). The molecular formula is C13H26O5. The monoisotopic (exact) mass is 262 g/mol. The van der Waals surface area contributed by atoms with Gasteiger partial charge in [-0.1, -0.05) is 13.8 Å². The first-order valence-electron chi connectivity index (χ1n) is 5.89. The van der Waals surface area contributed by atoms with Crippen LogP contribution in [0.3, 0.4) is 0 Å². The lowest BCUT2D eigenvalue weighted by Gasteiger charge is -2.24. The molecule has 0 aliphatic rings. The Kier molecular flexibility index (Phi) is 7.67. The highest BCUT2D eigenvalue weighted by Gasteiger charge is 2.22. The number of carboxylic acids is 1. The minimum atomic E-state index is -0.741. The van der Waals surface area contributed by atoms with Crippen molar-refractivity contribution >= 4 is 12.1 Å². The number of carboxylic acid groups (broad SMARTS) is 1. The van der Waals surface area contributed by atoms with Gasteiger partial charge in [0.1, 0.15) is 11.2 Å². The van der Waals surface area contributed by atoms with Crippen LogP contribution < -0.4 is 0 Å². The maximum absolute atomic E-state index is 11.0. The molecule has 0 radical (unpaired) electrons. The summed E-state index contributed by atoms with van der Waals surface area (Å²) in [5, 5.41) is 7.99. The normalized spacial score (nSPS) is 11.4. The smallest absolute Gasteiger partial charge is 0.481 e. The quantitative estimate of drug-likeness (QED) is 0.732. The van der Waals surface area contributed by atoms with Gasteiger partial charge in [-0.15, -0.1) is 0 Å². The zero-order chi connectivity index (χ0) is 15.1. The minimum Gasteiger partial charge on any atom is -0.481 e. The first kappa shape index (κ1) is 19.1. The van der Waals surface area contributed by atoms with Crippen molar-refractivity contribution in [3.63, 3.8) is 0 Å². The summed E-state index contributed by atoms with van der Waals surface area (Å²) < 4.78 is 9.91. The number of rotatable bonds is 1. The molecule has 0 aromatic heterocycles. The predicted octanol–water partition coefficient (Wildman–Crippen LogP) is 3.46. The molecule has 0 heterocycles. The fraction of sp³-hybridized carbons (Fsp3) is 0.846. The first-order valence-corrected chi connectivity index (χ1v) is 5.89. The maximum Gasteiger partial charge on any atom is 0.509 e. The SMILES string of the molecule is CC(C)(C)OC(=O)OC(C)(C)C.CC(C)C(=O)O. The number of hydrogen-bond acceptors (Lipinski definition) is 4. The molecule has 0 fully saturated rings. The Balaban J connectivity index is 0. The lowest BCUT2D eigenvalue weighted by molar-refractivity contribution is -0.140. The van der Waals surface area contributed by atoms with Crippen LogP contribution in [0.2, 0.25) is 0 Å². The van der Waals surface area contributed by atoms with E-state index in [1.54, 1.807) is 55.4 Å². The van der Waals surface area contributed by atoms with Gasteiger partial charge in [0.15, 0.2) is 0 Å². The Hall–Kier alpha value is -1.26. The van der Waals surface area contributed by atoms with Gasteiger partial charge in [0.05, 0.1) is 5.92 Å². The summed E-state index contributed by atoms with van der Waals surface area (Å²) in [7, 11) is 0. The molecule has 5 heteroatoms. The Morgan fingerprint density at radius 2 is 1.11 bits per heavy atom. The molecule has 0 amide bonds. The van der Waals surface area contributed by atoms with Crippen molar-refractivity contribution in [2.75, 3.05) is 0 Å². The fourth-order valence-corrected chi connectivity index (χ4v) is 0.521. The van der Waals surface area contributed by atoms with Crippen molar-refractivity contribution < 1.29 is 24.2 Å². The zero-order valence-electron chi connectivity index (χ0n) is 12.7. The van der Waals surface area contributed by atoms with Crippen molar-refractivity contribution in [2.45, 2.75) is 66.6 Å². The van der Waals surface area contributed by atoms with E-state index in [0.29, 0.717) is 0 Å². The molecule has 0 atom stereocenters. The van der Waals surface area contributed by atoms with Crippen LogP contribution in [0.25, 0.3) is 0 Å². The molecule has 1 N–H and O–H groups in total. The second-order valence-electron chi connectivity index (χ2n) is 6.17. The molecule has 0 aliphatic carbocycles. The van der Waals surface area contributed by atoms with E-state index in [4.69, 9.17) is 14.6 Å². The van der Waals surface area contributed by atoms with Gasteiger partial charge >= 0.3 is 12.1 Å². The molecule has 0 spiro atoms. The van der Waals surface area contributed by atoms with Gasteiger partial charge in [0.2, 0.25) is 0 Å². The first-order chi connectivity index (χ1) is 7.74. The van der Waals surface area contributed by atoms with Crippen LogP contribution in [0.15, 0.2) is 0 Å². The van der Waals surface area contributed by atoms with E-state index < -0.39 is 23.3 Å². The zero-order valence-corrected chi connectivity index (χ0v) is 12.7. The third-order valence-electron chi connectivity index (χ3n) is 1.27. The second-order valence-corrected chi connectivity index (χ2v) is 6.17. The molecule has 0 unspecified atom stereocenters. The highest BCUT2D eigenvalue weighted by atomic mass is 16.7. The Morgan fingerprint density at radius 3 is 1.22 bits per heavy atom. The van der Waals surface area contributed by atoms with E-state index in [0.717, 1.165) is 0 Å². The highest BCUT2D eigenvalue weighted by molar-refractivity contribution is 5.68. The minimum absolute atomic E-state index is 0.231. The Morgan fingerprint density at radius 1 is 0.889 bits per heavy atom. The summed E-state index contributed by atoms with van der Waals surface area (Å²) in [6, 6.07) is 0. The molecule has 0 saturated heterocycles. The largest absolute Gasteiger partial charge is 0.509 e. The summed E-state index contributed by atoms with van der Waals surface area (Å²) >= 11 is 0. The van der Waals surface area contributed by atoms with Gasteiger partial charge in [-0.25, -0.2) is 4.79 Å². The maximum atomic E-state index is 11.0. The van der Waals surface area contributed by atoms with Crippen LogP contribution >= 0.6 is 0 Å². The fourth-order valence-electron chi connectivity index (χ4n) is 0.521. The summed E-state index contributed by atoms with van der Waals surface area (Å²) in [4.78, 5) is 20.7. The van der Waals surface area contributed by atoms with Crippen molar-refractivity contribution in [2.24, 2.45) is 5.92 Å². The standard InChI is InChI=1S/C9H18O3.C4H8O2/c1-8(2,3)11-7(10)12-9(4,5)6;1-3(2)4(5)6/h1-6H3;3H,1-2H3,(H,5,6). The van der Waals surface area contributed by atoms with Gasteiger partial charge in [-0.05, 0) is 41.5 Å². The molecule has 5 nitrogen and oxygen atoms in total. The summed E-state index contributed by atoms with van der Waals surface area (Å²) in [6.07, 6.45) is -0.616. The van der Waals surface area contributed by atoms with Crippen molar-refractivity contribution in [1.82, 2.24) is 0 Å². The molecule has 0 aromatic carbocycles. The van der Waals surface area contributed by atoms with Crippen LogP contribution in [0, 0.1) is 5.92 Å². The van der Waals surface area contributed by atoms with Crippen LogP contribution in [0.4, 0.5) is 4.79 Å². The molecule has 0 bridgehead atoms. The topological polar surface area (TPSA) is 72.8 Å². The van der Waals surface area contributed by atoms with Crippen LogP contribution in [0.5, 0.6) is 0 Å². The van der Waals surface area contributed by atoms with Crippen LogP contribution in [0.1, 0.15) is 55.4 Å². The summed E-state index contributed by atoms with van der Waals surface area (Å²) in [5.41, 5.74) is -0.968.